The minimum atomic E-state index is -0.145. The summed E-state index contributed by atoms with van der Waals surface area (Å²) in [6.45, 7) is 5.02. The maximum atomic E-state index is 12.5. The summed E-state index contributed by atoms with van der Waals surface area (Å²) in [5.41, 5.74) is 6.52. The number of ether oxygens (including phenoxy) is 1. The summed E-state index contributed by atoms with van der Waals surface area (Å²) in [5, 5.41) is 0.258. The van der Waals surface area contributed by atoms with Gasteiger partial charge in [-0.05, 0) is 19.4 Å². The van der Waals surface area contributed by atoms with E-state index in [0.29, 0.717) is 24.4 Å². The topological polar surface area (TPSA) is 68.5 Å². The molecule has 1 aromatic heterocycles. The Labute approximate surface area is 118 Å². The zero-order valence-electron chi connectivity index (χ0n) is 11.5. The summed E-state index contributed by atoms with van der Waals surface area (Å²) < 4.78 is 5.04. The molecule has 19 heavy (non-hydrogen) atoms. The van der Waals surface area contributed by atoms with E-state index in [1.54, 1.807) is 12.0 Å². The molecule has 0 aliphatic heterocycles. The van der Waals surface area contributed by atoms with Crippen molar-refractivity contribution in [1.29, 1.82) is 0 Å². The van der Waals surface area contributed by atoms with E-state index in [9.17, 15) is 4.79 Å². The molecule has 2 N–H and O–H groups in total. The molecular formula is C13H20ClN3O2. The molecule has 6 heteroatoms. The van der Waals surface area contributed by atoms with Gasteiger partial charge >= 0.3 is 0 Å². The van der Waals surface area contributed by atoms with E-state index >= 15 is 0 Å². The first kappa shape index (κ1) is 15.7. The van der Waals surface area contributed by atoms with Crippen molar-refractivity contribution in [2.75, 3.05) is 26.0 Å². The third-order valence-electron chi connectivity index (χ3n) is 3.05. The molecule has 1 aromatic rings. The Bertz CT molecular complexity index is 440. The number of hydrogen-bond acceptors (Lipinski definition) is 4. The van der Waals surface area contributed by atoms with Crippen molar-refractivity contribution < 1.29 is 9.53 Å². The minimum absolute atomic E-state index is 0.106. The van der Waals surface area contributed by atoms with Gasteiger partial charge in [0.15, 0.2) is 0 Å². The van der Waals surface area contributed by atoms with E-state index in [4.69, 9.17) is 22.1 Å². The third-order valence-corrected chi connectivity index (χ3v) is 3.26. The Morgan fingerprint density at radius 3 is 2.89 bits per heavy atom. The summed E-state index contributed by atoms with van der Waals surface area (Å²) in [5.74, 6) is -0.145. The number of methoxy groups -OCH3 is 1. The zero-order valence-corrected chi connectivity index (χ0v) is 12.3. The second-order valence-electron chi connectivity index (χ2n) is 4.34. The number of nitrogens with two attached hydrogens (primary N) is 1. The Hall–Kier alpha value is -1.33. The summed E-state index contributed by atoms with van der Waals surface area (Å²) in [6.07, 6.45) is 2.26. The molecule has 0 fully saturated rings. The molecule has 5 nitrogen and oxygen atoms in total. The highest BCUT2D eigenvalue weighted by atomic mass is 35.5. The number of aromatic nitrogens is 1. The summed E-state index contributed by atoms with van der Waals surface area (Å²) in [4.78, 5) is 18.1. The fraction of sp³-hybridized carbons (Fsp3) is 0.538. The SMILES string of the molecule is CCC(C)N(CCOC)C(=O)c1cc(Cl)ncc1N. The fourth-order valence-corrected chi connectivity index (χ4v) is 1.87. The number of amides is 1. The van der Waals surface area contributed by atoms with Gasteiger partial charge in [0.05, 0.1) is 24.1 Å². The van der Waals surface area contributed by atoms with Crippen LogP contribution in [0, 0.1) is 0 Å². The fourth-order valence-electron chi connectivity index (χ4n) is 1.71. The smallest absolute Gasteiger partial charge is 0.256 e. The van der Waals surface area contributed by atoms with Crippen molar-refractivity contribution >= 4 is 23.2 Å². The van der Waals surface area contributed by atoms with Gasteiger partial charge < -0.3 is 15.4 Å². The molecule has 0 spiro atoms. The number of nitrogen functional groups attached to an aromatic ring is 1. The van der Waals surface area contributed by atoms with Crippen LogP contribution in [0.4, 0.5) is 5.69 Å². The van der Waals surface area contributed by atoms with E-state index in [1.165, 1.54) is 12.3 Å². The van der Waals surface area contributed by atoms with Crippen LogP contribution < -0.4 is 5.73 Å². The average molecular weight is 286 g/mol. The Morgan fingerprint density at radius 2 is 2.32 bits per heavy atom. The van der Waals surface area contributed by atoms with Crippen molar-refractivity contribution in [2.24, 2.45) is 0 Å². The van der Waals surface area contributed by atoms with Gasteiger partial charge in [-0.25, -0.2) is 4.98 Å². The van der Waals surface area contributed by atoms with Crippen LogP contribution >= 0.6 is 11.6 Å². The predicted octanol–water partition coefficient (Wildman–Crippen LogP) is 2.20. The van der Waals surface area contributed by atoms with E-state index in [1.807, 2.05) is 13.8 Å². The molecule has 106 valence electrons. The summed E-state index contributed by atoms with van der Waals surface area (Å²) in [7, 11) is 1.61. The first-order chi connectivity index (χ1) is 9.01. The maximum Gasteiger partial charge on any atom is 0.256 e. The Morgan fingerprint density at radius 1 is 1.63 bits per heavy atom. The van der Waals surface area contributed by atoms with E-state index < -0.39 is 0 Å². The van der Waals surface area contributed by atoms with Crippen LogP contribution in [0.3, 0.4) is 0 Å². The van der Waals surface area contributed by atoms with Crippen molar-refractivity contribution in [3.05, 3.63) is 23.0 Å². The van der Waals surface area contributed by atoms with Crippen LogP contribution in [0.1, 0.15) is 30.6 Å². The lowest BCUT2D eigenvalue weighted by molar-refractivity contribution is 0.0615. The van der Waals surface area contributed by atoms with E-state index in [0.717, 1.165) is 6.42 Å². The molecule has 0 radical (unpaired) electrons. The molecule has 0 saturated heterocycles. The standard InChI is InChI=1S/C13H20ClN3O2/c1-4-9(2)17(5-6-19-3)13(18)10-7-12(14)16-8-11(10)15/h7-9H,4-6,15H2,1-3H3. The third kappa shape index (κ3) is 4.08. The van der Waals surface area contributed by atoms with Crippen molar-refractivity contribution in [3.63, 3.8) is 0 Å². The average Bonchev–Trinajstić information content (AvgIpc) is 2.41. The second kappa shape index (κ2) is 7.31. The number of halogens is 1. The number of hydrogen-bond donors (Lipinski definition) is 1. The Kier molecular flexibility index (Phi) is 6.05. The van der Waals surface area contributed by atoms with Crippen molar-refractivity contribution in [3.8, 4) is 0 Å². The van der Waals surface area contributed by atoms with Gasteiger partial charge in [0, 0.05) is 19.7 Å². The number of carbonyl (C=O) groups is 1. The van der Waals surface area contributed by atoms with Crippen LogP contribution in [-0.2, 0) is 4.74 Å². The minimum Gasteiger partial charge on any atom is -0.397 e. The molecule has 0 aliphatic carbocycles. The first-order valence-corrected chi connectivity index (χ1v) is 6.60. The number of nitrogens with zero attached hydrogens (tertiary/aromatic N) is 2. The zero-order chi connectivity index (χ0) is 14.4. The van der Waals surface area contributed by atoms with Gasteiger partial charge in [-0.15, -0.1) is 0 Å². The highest BCUT2D eigenvalue weighted by Crippen LogP contribution is 2.19. The van der Waals surface area contributed by atoms with Gasteiger partial charge in [-0.2, -0.15) is 0 Å². The van der Waals surface area contributed by atoms with Crippen molar-refractivity contribution in [1.82, 2.24) is 9.88 Å². The lowest BCUT2D eigenvalue weighted by Gasteiger charge is -2.28. The highest BCUT2D eigenvalue weighted by Gasteiger charge is 2.22. The quantitative estimate of drug-likeness (QED) is 0.814. The van der Waals surface area contributed by atoms with Gasteiger partial charge in [0.1, 0.15) is 5.15 Å². The number of rotatable bonds is 6. The first-order valence-electron chi connectivity index (χ1n) is 6.22. The Balaban J connectivity index is 3.00. The molecule has 1 unspecified atom stereocenters. The van der Waals surface area contributed by atoms with Gasteiger partial charge in [0.25, 0.3) is 5.91 Å². The van der Waals surface area contributed by atoms with Gasteiger partial charge in [0.2, 0.25) is 0 Å². The van der Waals surface area contributed by atoms with Crippen molar-refractivity contribution in [2.45, 2.75) is 26.3 Å². The summed E-state index contributed by atoms with van der Waals surface area (Å²) >= 11 is 5.82. The molecule has 0 saturated carbocycles. The van der Waals surface area contributed by atoms with Crippen LogP contribution in [-0.4, -0.2) is 42.1 Å². The molecule has 1 atom stereocenters. The lowest BCUT2D eigenvalue weighted by atomic mass is 10.1. The number of carbonyl (C=O) groups excluding carboxylic acids is 1. The second-order valence-corrected chi connectivity index (χ2v) is 4.73. The molecule has 1 amide bonds. The van der Waals surface area contributed by atoms with Crippen LogP contribution in [0.25, 0.3) is 0 Å². The van der Waals surface area contributed by atoms with Crippen LogP contribution in [0.2, 0.25) is 5.15 Å². The highest BCUT2D eigenvalue weighted by molar-refractivity contribution is 6.29. The lowest BCUT2D eigenvalue weighted by Crippen LogP contribution is -2.40. The van der Waals surface area contributed by atoms with Gasteiger partial charge in [-0.1, -0.05) is 18.5 Å². The number of anilines is 1. The van der Waals surface area contributed by atoms with E-state index in [-0.39, 0.29) is 17.1 Å². The number of pyridine rings is 1. The van der Waals surface area contributed by atoms with Gasteiger partial charge in [-0.3, -0.25) is 4.79 Å². The molecule has 0 bridgehead atoms. The molecular weight excluding hydrogens is 266 g/mol. The largest absolute Gasteiger partial charge is 0.397 e. The molecule has 1 rings (SSSR count). The maximum absolute atomic E-state index is 12.5. The molecule has 0 aliphatic rings. The normalized spacial score (nSPS) is 12.2. The predicted molar refractivity (Wildman–Crippen MR) is 76.3 cm³/mol. The van der Waals surface area contributed by atoms with Crippen LogP contribution in [0.5, 0.6) is 0 Å². The van der Waals surface area contributed by atoms with E-state index in [2.05, 4.69) is 4.98 Å². The molecule has 0 aromatic carbocycles. The monoisotopic (exact) mass is 285 g/mol. The molecule has 1 heterocycles. The van der Waals surface area contributed by atoms with Crippen LogP contribution in [0.15, 0.2) is 12.3 Å². The summed E-state index contributed by atoms with van der Waals surface area (Å²) in [6, 6.07) is 1.61.